The Balaban J connectivity index is 0.00000132. The molecule has 1 aliphatic heterocycles. The lowest BCUT2D eigenvalue weighted by Gasteiger charge is -2.56. The molecule has 114 valence electrons. The molecule has 4 atom stereocenters. The van der Waals surface area contributed by atoms with Crippen LogP contribution in [-0.4, -0.2) is 34.7 Å². The molecule has 21 heavy (non-hydrogen) atoms. The summed E-state index contributed by atoms with van der Waals surface area (Å²) < 4.78 is 0. The summed E-state index contributed by atoms with van der Waals surface area (Å²) in [6.07, 6.45) is 2.00. The molecule has 1 aromatic carbocycles. The summed E-state index contributed by atoms with van der Waals surface area (Å²) in [4.78, 5) is 12.8. The van der Waals surface area contributed by atoms with Crippen molar-refractivity contribution >= 4 is 18.2 Å². The molecule has 5 heteroatoms. The molecule has 2 aliphatic carbocycles. The Bertz CT molecular complexity index is 591. The Morgan fingerprint density at radius 1 is 1.33 bits per heavy atom. The molecule has 1 heterocycles. The lowest BCUT2D eigenvalue weighted by Crippen LogP contribution is -2.66. The van der Waals surface area contributed by atoms with Gasteiger partial charge in [0.25, 0.3) is 0 Å². The minimum absolute atomic E-state index is 0. The van der Waals surface area contributed by atoms with Crippen molar-refractivity contribution < 1.29 is 15.0 Å². The number of piperidine rings is 1. The maximum atomic E-state index is 12.8. The van der Waals surface area contributed by atoms with Crippen molar-refractivity contribution in [3.05, 3.63) is 29.3 Å². The number of hydrogen-bond donors (Lipinski definition) is 3. The molecule has 3 aliphatic rings. The third-order valence-electron chi connectivity index (χ3n) is 5.56. The van der Waals surface area contributed by atoms with Crippen LogP contribution in [0, 0.1) is 5.92 Å². The normalized spacial score (nSPS) is 37.2. The van der Waals surface area contributed by atoms with Crippen LogP contribution in [0.4, 0.5) is 0 Å². The van der Waals surface area contributed by atoms with E-state index in [0.717, 1.165) is 24.1 Å². The van der Waals surface area contributed by atoms with Crippen LogP contribution < -0.4 is 5.32 Å². The zero-order valence-corrected chi connectivity index (χ0v) is 12.5. The Labute approximate surface area is 130 Å². The lowest BCUT2D eigenvalue weighted by molar-refractivity contribution is -0.139. The first-order valence-electron chi connectivity index (χ1n) is 7.40. The predicted molar refractivity (Wildman–Crippen MR) is 80.9 cm³/mol. The van der Waals surface area contributed by atoms with Crippen LogP contribution in [0.2, 0.25) is 0 Å². The van der Waals surface area contributed by atoms with Gasteiger partial charge in [0.2, 0.25) is 0 Å². The number of aromatic hydroxyl groups is 1. The Morgan fingerprint density at radius 2 is 2.14 bits per heavy atom. The second-order valence-electron chi connectivity index (χ2n) is 6.34. The molecular formula is C16H20ClNO3. The second kappa shape index (κ2) is 4.97. The van der Waals surface area contributed by atoms with Crippen LogP contribution in [0.15, 0.2) is 18.2 Å². The maximum Gasteiger partial charge on any atom is 0.144 e. The van der Waals surface area contributed by atoms with Crippen molar-refractivity contribution in [1.29, 1.82) is 0 Å². The monoisotopic (exact) mass is 309 g/mol. The zero-order chi connectivity index (χ0) is 13.9. The molecular weight excluding hydrogens is 290 g/mol. The van der Waals surface area contributed by atoms with E-state index in [2.05, 4.69) is 5.32 Å². The Kier molecular flexibility index (Phi) is 3.51. The van der Waals surface area contributed by atoms with Gasteiger partial charge in [-0.1, -0.05) is 12.1 Å². The van der Waals surface area contributed by atoms with Crippen molar-refractivity contribution in [3.8, 4) is 5.75 Å². The number of aliphatic hydroxyl groups excluding tert-OH is 1. The van der Waals surface area contributed by atoms with E-state index in [1.165, 1.54) is 0 Å². The molecule has 0 radical (unpaired) electrons. The number of benzene rings is 1. The highest BCUT2D eigenvalue weighted by Crippen LogP contribution is 2.53. The molecule has 3 N–H and O–H groups in total. The number of Topliss-reactive ketones (excluding diaryl/α,β-unsaturated/α-hetero) is 1. The molecule has 0 spiro atoms. The molecule has 1 saturated carbocycles. The van der Waals surface area contributed by atoms with E-state index in [1.54, 1.807) is 6.07 Å². The first-order chi connectivity index (χ1) is 9.64. The first kappa shape index (κ1) is 14.8. The number of halogens is 1. The molecule has 1 aromatic rings. The standard InChI is InChI=1S/C16H19NO3.ClH/c18-12-3-1-2-10-9(12)8-11-15-13(19)4-5-14(20)16(10,15)6-7-17-11;/h1-3,11,13,15,17-19H,4-8H2;1H/t11-,13?,15-,16+;/m1./s1. The average molecular weight is 310 g/mol. The quantitative estimate of drug-likeness (QED) is 0.676. The summed E-state index contributed by atoms with van der Waals surface area (Å²) in [5.41, 5.74) is 1.27. The number of rotatable bonds is 0. The molecule has 1 unspecified atom stereocenters. The lowest BCUT2D eigenvalue weighted by atomic mass is 9.51. The average Bonchev–Trinajstić information content (AvgIpc) is 2.44. The smallest absolute Gasteiger partial charge is 0.144 e. The number of carbonyl (C=O) groups is 1. The van der Waals surface area contributed by atoms with Crippen LogP contribution in [0.5, 0.6) is 5.75 Å². The van der Waals surface area contributed by atoms with Gasteiger partial charge in [0, 0.05) is 18.4 Å². The van der Waals surface area contributed by atoms with Crippen LogP contribution in [0.3, 0.4) is 0 Å². The fraction of sp³-hybridized carbons (Fsp3) is 0.562. The van der Waals surface area contributed by atoms with Crippen molar-refractivity contribution in [2.24, 2.45) is 5.92 Å². The number of carbonyl (C=O) groups excluding carboxylic acids is 1. The summed E-state index contributed by atoms with van der Waals surface area (Å²) in [5, 5.41) is 24.1. The number of phenolic OH excluding ortho intramolecular Hbond substituents is 1. The highest BCUT2D eigenvalue weighted by atomic mass is 35.5. The van der Waals surface area contributed by atoms with E-state index in [0.29, 0.717) is 19.3 Å². The van der Waals surface area contributed by atoms with Gasteiger partial charge in [-0.05, 0) is 43.0 Å². The fourth-order valence-electron chi connectivity index (χ4n) is 4.79. The van der Waals surface area contributed by atoms with Gasteiger partial charge < -0.3 is 15.5 Å². The van der Waals surface area contributed by atoms with E-state index < -0.39 is 11.5 Å². The zero-order valence-electron chi connectivity index (χ0n) is 11.7. The Hall–Kier alpha value is -1.10. The molecule has 1 saturated heterocycles. The SMILES string of the molecule is Cl.O=C1CCC(O)[C@H]2[C@H]3Cc4c(O)cccc4[C@@]12CCN3. The number of nitrogens with one attached hydrogen (secondary N) is 1. The molecule has 2 bridgehead atoms. The first-order valence-corrected chi connectivity index (χ1v) is 7.40. The second-order valence-corrected chi connectivity index (χ2v) is 6.34. The van der Waals surface area contributed by atoms with Gasteiger partial charge >= 0.3 is 0 Å². The van der Waals surface area contributed by atoms with Gasteiger partial charge in [-0.25, -0.2) is 0 Å². The van der Waals surface area contributed by atoms with Crippen molar-refractivity contribution in [2.45, 2.75) is 43.2 Å². The van der Waals surface area contributed by atoms with Crippen LogP contribution >= 0.6 is 12.4 Å². The number of phenols is 1. The molecule has 4 rings (SSSR count). The Morgan fingerprint density at radius 3 is 2.95 bits per heavy atom. The van der Waals surface area contributed by atoms with Gasteiger partial charge in [-0.3, -0.25) is 4.79 Å². The number of fused-ring (bicyclic) bond motifs is 1. The van der Waals surface area contributed by atoms with E-state index >= 15 is 0 Å². The van der Waals surface area contributed by atoms with Gasteiger partial charge in [0.15, 0.2) is 0 Å². The number of ketones is 1. The summed E-state index contributed by atoms with van der Waals surface area (Å²) in [7, 11) is 0. The van der Waals surface area contributed by atoms with Crippen LogP contribution in [0.25, 0.3) is 0 Å². The topological polar surface area (TPSA) is 69.6 Å². The number of aliphatic hydroxyl groups is 1. The van der Waals surface area contributed by atoms with E-state index in [4.69, 9.17) is 0 Å². The van der Waals surface area contributed by atoms with Gasteiger partial charge in [0.1, 0.15) is 11.5 Å². The largest absolute Gasteiger partial charge is 0.508 e. The van der Waals surface area contributed by atoms with Crippen LogP contribution in [-0.2, 0) is 16.6 Å². The summed E-state index contributed by atoms with van der Waals surface area (Å²) in [6, 6.07) is 5.56. The van der Waals surface area contributed by atoms with Gasteiger partial charge in [0.05, 0.1) is 11.5 Å². The maximum absolute atomic E-state index is 12.8. The van der Waals surface area contributed by atoms with Gasteiger partial charge in [-0.2, -0.15) is 0 Å². The highest BCUT2D eigenvalue weighted by Gasteiger charge is 2.59. The van der Waals surface area contributed by atoms with Crippen LogP contribution in [0.1, 0.15) is 30.4 Å². The minimum Gasteiger partial charge on any atom is -0.508 e. The van der Waals surface area contributed by atoms with Gasteiger partial charge in [-0.15, -0.1) is 12.4 Å². The van der Waals surface area contributed by atoms with Crippen molar-refractivity contribution in [2.75, 3.05) is 6.54 Å². The highest BCUT2D eigenvalue weighted by molar-refractivity contribution is 5.93. The third-order valence-corrected chi connectivity index (χ3v) is 5.56. The van der Waals surface area contributed by atoms with Crippen molar-refractivity contribution in [3.63, 3.8) is 0 Å². The minimum atomic E-state index is -0.583. The predicted octanol–water partition coefficient (Wildman–Crippen LogP) is 1.31. The summed E-state index contributed by atoms with van der Waals surface area (Å²) in [5.74, 6) is 0.472. The fourth-order valence-corrected chi connectivity index (χ4v) is 4.79. The summed E-state index contributed by atoms with van der Waals surface area (Å²) >= 11 is 0. The van der Waals surface area contributed by atoms with Crippen molar-refractivity contribution in [1.82, 2.24) is 5.32 Å². The number of hydrogen-bond acceptors (Lipinski definition) is 4. The molecule has 2 fully saturated rings. The molecule has 4 nitrogen and oxygen atoms in total. The third kappa shape index (κ3) is 1.79. The molecule has 0 aromatic heterocycles. The van der Waals surface area contributed by atoms with E-state index in [9.17, 15) is 15.0 Å². The summed E-state index contributed by atoms with van der Waals surface area (Å²) in [6.45, 7) is 0.800. The van der Waals surface area contributed by atoms with E-state index in [1.807, 2.05) is 12.1 Å². The molecule has 0 amide bonds. The van der Waals surface area contributed by atoms with E-state index in [-0.39, 0.29) is 35.9 Å².